The fourth-order valence-electron chi connectivity index (χ4n) is 3.55. The topological polar surface area (TPSA) is 119 Å². The minimum absolute atomic E-state index is 0. The van der Waals surface area contributed by atoms with E-state index in [-0.39, 0.29) is 88.5 Å². The van der Waals surface area contributed by atoms with E-state index < -0.39 is 23.1 Å². The number of benzene rings is 1. The molecule has 1 unspecified atom stereocenters. The van der Waals surface area contributed by atoms with E-state index in [2.05, 4.69) is 0 Å². The van der Waals surface area contributed by atoms with E-state index in [1.54, 1.807) is 17.9 Å². The molecule has 2 atom stereocenters. The summed E-state index contributed by atoms with van der Waals surface area (Å²) in [6, 6.07) is 3.09. The second-order valence-corrected chi connectivity index (χ2v) is 8.43. The minimum atomic E-state index is -3.38. The first-order valence-corrected chi connectivity index (χ1v) is 9.82. The largest absolute Gasteiger partial charge is 1.00 e. The second kappa shape index (κ2) is 11.1. The van der Waals surface area contributed by atoms with Gasteiger partial charge in [0.2, 0.25) is 5.91 Å². The molecule has 3 rings (SSSR count). The van der Waals surface area contributed by atoms with Crippen molar-refractivity contribution < 1.29 is 93.2 Å². The number of carbonyl (C=O) groups excluding carboxylic acids is 2. The number of carboxylic acid groups (broad SMARTS) is 1. The van der Waals surface area contributed by atoms with Crippen LogP contribution in [0.2, 0.25) is 0 Å². The molecule has 0 bridgehead atoms. The van der Waals surface area contributed by atoms with Crippen molar-refractivity contribution in [3.8, 4) is 11.5 Å². The summed E-state index contributed by atoms with van der Waals surface area (Å²) in [5.41, 5.74) is 0.142. The van der Waals surface area contributed by atoms with Gasteiger partial charge in [-0.1, -0.05) is 6.07 Å². The van der Waals surface area contributed by atoms with Crippen molar-refractivity contribution in [3.63, 3.8) is 0 Å². The van der Waals surface area contributed by atoms with Crippen molar-refractivity contribution in [3.05, 3.63) is 23.3 Å². The van der Waals surface area contributed by atoms with Gasteiger partial charge in [0, 0.05) is 13.1 Å². The predicted octanol–water partition coefficient (Wildman–Crippen LogP) is -6.42. The quantitative estimate of drug-likeness (QED) is 0.434. The number of methoxy groups -OCH3 is 1. The fourth-order valence-corrected chi connectivity index (χ4v) is 4.88. The van der Waals surface area contributed by atoms with Gasteiger partial charge >= 0.3 is 65.9 Å². The zero-order valence-corrected chi connectivity index (χ0v) is 22.0. The molecule has 1 aromatic carbocycles. The first kappa shape index (κ1) is 27.1. The predicted molar refractivity (Wildman–Crippen MR) is 98.5 cm³/mol. The number of hydrogen-bond donors (Lipinski definition) is 2. The van der Waals surface area contributed by atoms with Crippen molar-refractivity contribution in [1.29, 1.82) is 0 Å². The molecule has 1 fully saturated rings. The smallest absolute Gasteiger partial charge is 0.669 e. The van der Waals surface area contributed by atoms with Crippen molar-refractivity contribution >= 4 is 30.4 Å². The van der Waals surface area contributed by atoms with Crippen LogP contribution in [0.4, 0.5) is 0 Å². The number of nitrogens with zero attached hydrogens (tertiary/aromatic N) is 1. The third-order valence-corrected chi connectivity index (χ3v) is 6.45. The molecule has 29 heavy (non-hydrogen) atoms. The van der Waals surface area contributed by atoms with Crippen LogP contribution in [0.5, 0.6) is 11.5 Å². The Labute approximate surface area is 218 Å². The standard InChI is InChI=1S/C17H23BNO7S.2Na/c1-10(16(20)19-7-3-4-8-19)27-13-9-11-5-6-12(25-2)14(17(21)22)15(11)26-18(13,23)24;;/h5-6,10,13,23-24H,3-4,7-9H2,1-2H3,(H,21,22);;/q-1;2*+1/p-1/t10?,13-;;/m0../s1. The van der Waals surface area contributed by atoms with E-state index in [1.807, 2.05) is 0 Å². The number of rotatable bonds is 5. The Morgan fingerprint density at radius 3 is 2.48 bits per heavy atom. The van der Waals surface area contributed by atoms with Gasteiger partial charge in [0.15, 0.2) is 0 Å². The maximum Gasteiger partial charge on any atom is 1.00 e. The van der Waals surface area contributed by atoms with Gasteiger partial charge in [-0.3, -0.25) is 4.79 Å². The Morgan fingerprint density at radius 1 is 1.31 bits per heavy atom. The maximum absolute atomic E-state index is 12.5. The number of carbonyl (C=O) groups is 2. The molecule has 0 aliphatic carbocycles. The SMILES string of the molecule is COc1ccc2c(c1C(=O)[O-])O[B-](O)(O)[C@@H](SC(C)C(=O)N1CCCC1)C2.[Na+].[Na+]. The number of likely N-dealkylation sites (tertiary alicyclic amines) is 1. The number of carboxylic acids is 1. The van der Waals surface area contributed by atoms with Crippen LogP contribution in [0.3, 0.4) is 0 Å². The zero-order valence-electron chi connectivity index (χ0n) is 17.2. The van der Waals surface area contributed by atoms with Crippen LogP contribution in [0.25, 0.3) is 0 Å². The minimum Gasteiger partial charge on any atom is -0.669 e. The van der Waals surface area contributed by atoms with Gasteiger partial charge in [0.25, 0.3) is 0 Å². The molecule has 1 aromatic rings. The molecule has 8 nitrogen and oxygen atoms in total. The molecule has 0 aromatic heterocycles. The van der Waals surface area contributed by atoms with Crippen molar-refractivity contribution in [2.75, 3.05) is 20.2 Å². The van der Waals surface area contributed by atoms with Crippen LogP contribution in [0.15, 0.2) is 12.1 Å². The summed E-state index contributed by atoms with van der Waals surface area (Å²) >= 11 is 1.13. The zero-order chi connectivity index (χ0) is 19.8. The molecular weight excluding hydrogens is 419 g/mol. The summed E-state index contributed by atoms with van der Waals surface area (Å²) in [4.78, 5) is 25.8. The first-order valence-electron chi connectivity index (χ1n) is 8.88. The first-order chi connectivity index (χ1) is 12.7. The van der Waals surface area contributed by atoms with E-state index in [4.69, 9.17) is 9.39 Å². The molecule has 0 spiro atoms. The van der Waals surface area contributed by atoms with Crippen LogP contribution in [0.1, 0.15) is 35.7 Å². The number of amides is 1. The van der Waals surface area contributed by atoms with Crippen LogP contribution in [-0.4, -0.2) is 64.2 Å². The molecular formula is C17H22BNNa2O7S. The van der Waals surface area contributed by atoms with Gasteiger partial charge in [-0.15, -0.1) is 0 Å². The molecule has 1 saturated heterocycles. The van der Waals surface area contributed by atoms with Gasteiger partial charge in [-0.2, -0.15) is 11.8 Å². The van der Waals surface area contributed by atoms with Gasteiger partial charge in [0.05, 0.1) is 29.6 Å². The molecule has 2 aliphatic heterocycles. The fraction of sp³-hybridized carbons (Fsp3) is 0.529. The summed E-state index contributed by atoms with van der Waals surface area (Å²) in [5.74, 6) is -1.71. The second-order valence-electron chi connectivity index (χ2n) is 6.85. The molecule has 2 aliphatic rings. The normalized spacial score (nSPS) is 20.4. The van der Waals surface area contributed by atoms with Crippen LogP contribution in [-0.2, 0) is 11.2 Å². The summed E-state index contributed by atoms with van der Waals surface area (Å²) in [7, 11) is 1.30. The van der Waals surface area contributed by atoms with E-state index in [0.29, 0.717) is 5.56 Å². The molecule has 2 heterocycles. The third kappa shape index (κ3) is 5.87. The average Bonchev–Trinajstić information content (AvgIpc) is 3.14. The molecule has 0 saturated carbocycles. The molecule has 2 N–H and O–H groups in total. The molecule has 1 amide bonds. The Morgan fingerprint density at radius 2 is 1.93 bits per heavy atom. The molecule has 12 heteroatoms. The molecule has 0 radical (unpaired) electrons. The number of fused-ring (bicyclic) bond motifs is 1. The Bertz CT molecular complexity index is 762. The van der Waals surface area contributed by atoms with Crippen LogP contribution in [0, 0.1) is 0 Å². The molecule has 148 valence electrons. The third-order valence-electron chi connectivity index (χ3n) is 4.97. The average molecular weight is 441 g/mol. The monoisotopic (exact) mass is 441 g/mol. The van der Waals surface area contributed by atoms with Gasteiger partial charge in [0.1, 0.15) is 5.75 Å². The number of aromatic carboxylic acids is 1. The summed E-state index contributed by atoms with van der Waals surface area (Å²) in [6.45, 7) is -0.208. The summed E-state index contributed by atoms with van der Waals surface area (Å²) in [5, 5.41) is 31.1. The van der Waals surface area contributed by atoms with E-state index in [1.165, 1.54) is 13.2 Å². The van der Waals surface area contributed by atoms with Crippen molar-refractivity contribution in [2.45, 2.75) is 36.6 Å². The van der Waals surface area contributed by atoms with E-state index in [0.717, 1.165) is 37.7 Å². The Balaban J connectivity index is 0.00000210. The van der Waals surface area contributed by atoms with Crippen LogP contribution >= 0.6 is 11.8 Å². The van der Waals surface area contributed by atoms with Gasteiger partial charge in [-0.25, -0.2) is 0 Å². The van der Waals surface area contributed by atoms with Crippen LogP contribution < -0.4 is 73.6 Å². The van der Waals surface area contributed by atoms with Crippen molar-refractivity contribution in [1.82, 2.24) is 4.90 Å². The number of ether oxygens (including phenoxy) is 1. The van der Waals surface area contributed by atoms with E-state index in [9.17, 15) is 24.7 Å². The summed E-state index contributed by atoms with van der Waals surface area (Å²) in [6.07, 6.45) is 2.10. The Kier molecular flexibility index (Phi) is 10.4. The number of hydrogen-bond acceptors (Lipinski definition) is 8. The maximum atomic E-state index is 12.5. The van der Waals surface area contributed by atoms with Gasteiger partial charge < -0.3 is 34.2 Å². The van der Waals surface area contributed by atoms with Crippen molar-refractivity contribution in [2.24, 2.45) is 0 Å². The number of thioether (sulfide) groups is 1. The summed E-state index contributed by atoms with van der Waals surface area (Å²) < 4.78 is 10.3. The van der Waals surface area contributed by atoms with Gasteiger partial charge in [-0.05, 0) is 43.0 Å². The Hall–Kier alpha value is 0.0949. The van der Waals surface area contributed by atoms with E-state index >= 15 is 0 Å².